The van der Waals surface area contributed by atoms with Gasteiger partial charge in [-0.05, 0) is 79.8 Å². The molecule has 0 atom stereocenters. The molecular formula is C35H39FN2O9S. The van der Waals surface area contributed by atoms with Gasteiger partial charge >= 0.3 is 5.97 Å². The number of nitrogens with zero attached hydrogens (tertiary/aromatic N) is 1. The number of furan rings is 1. The number of sulfonamides is 1. The molecule has 1 aromatic heterocycles. The largest absolute Gasteiger partial charge is 0.491 e. The number of halogens is 1. The molecule has 1 saturated carbocycles. The summed E-state index contributed by atoms with van der Waals surface area (Å²) in [6.07, 6.45) is 2.92. The van der Waals surface area contributed by atoms with E-state index in [-0.39, 0.29) is 63.8 Å². The molecule has 0 bridgehead atoms. The smallest absolute Gasteiger partial charge is 0.338 e. The van der Waals surface area contributed by atoms with Crippen LogP contribution in [0.15, 0.2) is 65.1 Å². The Morgan fingerprint density at radius 1 is 0.979 bits per heavy atom. The van der Waals surface area contributed by atoms with Crippen LogP contribution in [0.4, 0.5) is 10.1 Å². The minimum Gasteiger partial charge on any atom is -0.491 e. The molecule has 1 fully saturated rings. The van der Waals surface area contributed by atoms with Gasteiger partial charge in [0.05, 0.1) is 62.6 Å². The Morgan fingerprint density at radius 2 is 1.69 bits per heavy atom. The molecule has 0 aliphatic heterocycles. The minimum absolute atomic E-state index is 0.0534. The number of anilines is 1. The Labute approximate surface area is 279 Å². The van der Waals surface area contributed by atoms with Crippen LogP contribution < -0.4 is 14.4 Å². The van der Waals surface area contributed by atoms with Crippen LogP contribution in [0.1, 0.15) is 52.0 Å². The summed E-state index contributed by atoms with van der Waals surface area (Å²) in [7, 11) is -2.21. The van der Waals surface area contributed by atoms with Crippen molar-refractivity contribution in [3.63, 3.8) is 0 Å². The first-order valence-corrected chi connectivity index (χ1v) is 17.6. The maximum atomic E-state index is 13.7. The van der Waals surface area contributed by atoms with Gasteiger partial charge in [-0.25, -0.2) is 17.6 Å². The van der Waals surface area contributed by atoms with E-state index in [1.165, 1.54) is 35.6 Å². The lowest BCUT2D eigenvalue weighted by Crippen LogP contribution is -2.34. The van der Waals surface area contributed by atoms with Gasteiger partial charge in [-0.3, -0.25) is 9.10 Å². The zero-order valence-corrected chi connectivity index (χ0v) is 27.9. The molecule has 11 nitrogen and oxygen atoms in total. The summed E-state index contributed by atoms with van der Waals surface area (Å²) in [6, 6.07) is 15.9. The maximum absolute atomic E-state index is 13.7. The molecule has 4 aromatic rings. The standard InChI is InChI=1S/C35H39FN2O9S/c1-4-45-35(40)25-6-5-7-27(20-25)46-19-18-44-17-16-43-15-14-38(48(3,41)42)30-22-31-29(21-28(30)23-8-9-23)32(34(39)37-2)33(47-31)24-10-12-26(36)13-11-24/h5-7,10-13,20-23H,4,8-9,14-19H2,1-3H3,(H,37,39). The number of esters is 1. The van der Waals surface area contributed by atoms with Crippen molar-refractivity contribution in [1.29, 1.82) is 0 Å². The molecule has 3 aromatic carbocycles. The van der Waals surface area contributed by atoms with E-state index in [0.717, 1.165) is 24.7 Å². The van der Waals surface area contributed by atoms with Gasteiger partial charge in [0.15, 0.2) is 0 Å². The van der Waals surface area contributed by atoms with E-state index in [1.54, 1.807) is 37.3 Å². The van der Waals surface area contributed by atoms with E-state index in [4.69, 9.17) is 23.4 Å². The summed E-state index contributed by atoms with van der Waals surface area (Å²) in [4.78, 5) is 24.9. The fourth-order valence-electron chi connectivity index (χ4n) is 5.32. The van der Waals surface area contributed by atoms with Crippen LogP contribution in [0, 0.1) is 5.82 Å². The normalized spacial score (nSPS) is 13.0. The molecule has 0 radical (unpaired) electrons. The summed E-state index contributed by atoms with van der Waals surface area (Å²) in [5, 5.41) is 3.20. The number of hydrogen-bond donors (Lipinski definition) is 1. The van der Waals surface area contributed by atoms with Crippen molar-refractivity contribution >= 4 is 38.6 Å². The average molecular weight is 683 g/mol. The highest BCUT2D eigenvalue weighted by Gasteiger charge is 2.33. The predicted molar refractivity (Wildman–Crippen MR) is 179 cm³/mol. The molecule has 256 valence electrons. The summed E-state index contributed by atoms with van der Waals surface area (Å²) < 4.78 is 69.2. The first kappa shape index (κ1) is 34.9. The van der Waals surface area contributed by atoms with E-state index < -0.39 is 21.8 Å². The highest BCUT2D eigenvalue weighted by molar-refractivity contribution is 7.92. The lowest BCUT2D eigenvalue weighted by atomic mass is 10.0. The second kappa shape index (κ2) is 15.6. The third kappa shape index (κ3) is 8.52. The first-order chi connectivity index (χ1) is 23.1. The minimum atomic E-state index is -3.73. The van der Waals surface area contributed by atoms with Crippen LogP contribution in [0.3, 0.4) is 0 Å². The van der Waals surface area contributed by atoms with Crippen molar-refractivity contribution in [1.82, 2.24) is 5.32 Å². The second-order valence-corrected chi connectivity index (χ2v) is 13.1. The van der Waals surface area contributed by atoms with Crippen LogP contribution in [-0.2, 0) is 24.2 Å². The average Bonchev–Trinajstić information content (AvgIpc) is 3.85. The fourth-order valence-corrected chi connectivity index (χ4v) is 6.24. The Hall–Kier alpha value is -4.46. The molecule has 1 N–H and O–H groups in total. The molecule has 0 unspecified atom stereocenters. The van der Waals surface area contributed by atoms with Crippen LogP contribution in [-0.4, -0.2) is 79.8 Å². The Bertz CT molecular complexity index is 1850. The third-order valence-electron chi connectivity index (χ3n) is 7.74. The Balaban J connectivity index is 1.22. The van der Waals surface area contributed by atoms with Gasteiger partial charge in [0.2, 0.25) is 10.0 Å². The second-order valence-electron chi connectivity index (χ2n) is 11.2. The number of benzene rings is 3. The van der Waals surface area contributed by atoms with Gasteiger partial charge in [0.25, 0.3) is 5.91 Å². The summed E-state index contributed by atoms with van der Waals surface area (Å²) in [6.45, 7) is 3.25. The number of fused-ring (bicyclic) bond motifs is 1. The molecule has 48 heavy (non-hydrogen) atoms. The number of hydrogen-bond acceptors (Lipinski definition) is 9. The van der Waals surface area contributed by atoms with Crippen molar-refractivity contribution in [2.24, 2.45) is 0 Å². The number of carbonyl (C=O) groups is 2. The van der Waals surface area contributed by atoms with Crippen LogP contribution in [0.2, 0.25) is 0 Å². The predicted octanol–water partition coefficient (Wildman–Crippen LogP) is 5.53. The van der Waals surface area contributed by atoms with E-state index in [9.17, 15) is 22.4 Å². The van der Waals surface area contributed by atoms with Crippen molar-refractivity contribution in [3.8, 4) is 17.1 Å². The lowest BCUT2D eigenvalue weighted by molar-refractivity contribution is 0.0389. The van der Waals surface area contributed by atoms with Crippen molar-refractivity contribution in [3.05, 3.63) is 83.2 Å². The summed E-state index contributed by atoms with van der Waals surface area (Å²) in [5.41, 5.74) is 2.84. The van der Waals surface area contributed by atoms with Crippen molar-refractivity contribution in [2.75, 3.05) is 63.8 Å². The molecule has 1 heterocycles. The van der Waals surface area contributed by atoms with Crippen LogP contribution in [0.25, 0.3) is 22.3 Å². The van der Waals surface area contributed by atoms with Crippen molar-refractivity contribution in [2.45, 2.75) is 25.7 Å². The quantitative estimate of drug-likeness (QED) is 0.113. The first-order valence-electron chi connectivity index (χ1n) is 15.7. The molecule has 1 aliphatic rings. The third-order valence-corrected chi connectivity index (χ3v) is 8.92. The number of carbonyl (C=O) groups excluding carboxylic acids is 2. The molecule has 0 spiro atoms. The van der Waals surface area contributed by atoms with Gasteiger partial charge in [0, 0.05) is 24.1 Å². The van der Waals surface area contributed by atoms with E-state index in [2.05, 4.69) is 5.32 Å². The fraction of sp³-hybridized carbons (Fsp3) is 0.371. The molecule has 0 saturated heterocycles. The lowest BCUT2D eigenvalue weighted by Gasteiger charge is -2.25. The van der Waals surface area contributed by atoms with Gasteiger partial charge in [0.1, 0.15) is 29.5 Å². The molecule has 5 rings (SSSR count). The molecule has 1 amide bonds. The summed E-state index contributed by atoms with van der Waals surface area (Å²) >= 11 is 0. The summed E-state index contributed by atoms with van der Waals surface area (Å²) in [5.74, 6) is -0.268. The zero-order chi connectivity index (χ0) is 34.3. The Morgan fingerprint density at radius 3 is 2.35 bits per heavy atom. The van der Waals surface area contributed by atoms with Gasteiger partial charge in [-0.2, -0.15) is 0 Å². The number of nitrogens with one attached hydrogen (secondary N) is 1. The van der Waals surface area contributed by atoms with Gasteiger partial charge < -0.3 is 28.7 Å². The van der Waals surface area contributed by atoms with Crippen LogP contribution in [0.5, 0.6) is 5.75 Å². The number of amides is 1. The zero-order valence-electron chi connectivity index (χ0n) is 27.1. The number of ether oxygens (including phenoxy) is 4. The highest BCUT2D eigenvalue weighted by Crippen LogP contribution is 2.48. The van der Waals surface area contributed by atoms with E-state index in [0.29, 0.717) is 39.1 Å². The topological polar surface area (TPSA) is 134 Å². The molecule has 1 aliphatic carbocycles. The maximum Gasteiger partial charge on any atom is 0.338 e. The monoisotopic (exact) mass is 682 g/mol. The molecule has 13 heteroatoms. The van der Waals surface area contributed by atoms with Crippen molar-refractivity contribution < 1.29 is 45.8 Å². The molecular weight excluding hydrogens is 643 g/mol. The van der Waals surface area contributed by atoms with Gasteiger partial charge in [-0.1, -0.05) is 6.07 Å². The van der Waals surface area contributed by atoms with E-state index >= 15 is 0 Å². The SMILES string of the molecule is CCOC(=O)c1cccc(OCCOCCOCCN(c2cc3oc(-c4ccc(F)cc4)c(C(=O)NC)c3cc2C2CC2)S(C)(=O)=O)c1. The van der Waals surface area contributed by atoms with Crippen LogP contribution >= 0.6 is 0 Å². The number of rotatable bonds is 17. The Kier molecular flexibility index (Phi) is 11.3. The van der Waals surface area contributed by atoms with Gasteiger partial charge in [-0.15, -0.1) is 0 Å². The van der Waals surface area contributed by atoms with E-state index in [1.807, 2.05) is 6.07 Å². The highest BCUT2D eigenvalue weighted by atomic mass is 32.2.